The fourth-order valence-corrected chi connectivity index (χ4v) is 1.01. The molecule has 0 fully saturated rings. The topological polar surface area (TPSA) is 26.3 Å². The van der Waals surface area contributed by atoms with Crippen LogP contribution in [-0.2, 0) is 9.53 Å². The molecule has 0 rings (SSSR count). The fraction of sp³-hybridized carbons (Fsp3) is 0.583. The molecule has 0 N–H and O–H groups in total. The van der Waals surface area contributed by atoms with Gasteiger partial charge < -0.3 is 4.74 Å². The smallest absolute Gasteiger partial charge is 0.330 e. The Balaban J connectivity index is 3.45. The van der Waals surface area contributed by atoms with Crippen molar-refractivity contribution in [3.8, 4) is 0 Å². The van der Waals surface area contributed by atoms with E-state index < -0.39 is 0 Å². The van der Waals surface area contributed by atoms with E-state index >= 15 is 0 Å². The molecule has 0 aliphatic carbocycles. The van der Waals surface area contributed by atoms with E-state index in [-0.39, 0.29) is 5.97 Å². The SMILES string of the molecule is CCCCC/C=C/C=C\C(=O)OCC. The first kappa shape index (κ1) is 12.9. The minimum absolute atomic E-state index is 0.272. The highest BCUT2D eigenvalue weighted by atomic mass is 16.5. The van der Waals surface area contributed by atoms with Crippen LogP contribution in [0.3, 0.4) is 0 Å². The van der Waals surface area contributed by atoms with Crippen molar-refractivity contribution in [3.05, 3.63) is 24.3 Å². The van der Waals surface area contributed by atoms with Crippen molar-refractivity contribution in [2.24, 2.45) is 0 Å². The number of esters is 1. The Morgan fingerprint density at radius 2 is 2.00 bits per heavy atom. The zero-order valence-electron chi connectivity index (χ0n) is 9.16. The number of hydrogen-bond acceptors (Lipinski definition) is 2. The van der Waals surface area contributed by atoms with Gasteiger partial charge in [0.05, 0.1) is 6.61 Å². The Hall–Kier alpha value is -1.05. The standard InChI is InChI=1S/C12H20O2/c1-3-5-6-7-8-9-10-11-12(13)14-4-2/h8-11H,3-7H2,1-2H3/b9-8+,11-10-. The molecule has 0 aliphatic heterocycles. The molecule has 80 valence electrons. The molecule has 2 nitrogen and oxygen atoms in total. The van der Waals surface area contributed by atoms with E-state index in [1.165, 1.54) is 25.3 Å². The van der Waals surface area contributed by atoms with Crippen molar-refractivity contribution < 1.29 is 9.53 Å². The molecule has 0 aliphatic rings. The highest BCUT2D eigenvalue weighted by molar-refractivity contribution is 5.82. The second-order valence-corrected chi connectivity index (χ2v) is 3.04. The summed E-state index contributed by atoms with van der Waals surface area (Å²) in [5.74, 6) is -0.272. The second-order valence-electron chi connectivity index (χ2n) is 3.04. The van der Waals surface area contributed by atoms with Crippen molar-refractivity contribution in [1.29, 1.82) is 0 Å². The summed E-state index contributed by atoms with van der Waals surface area (Å²) in [6.45, 7) is 4.42. The van der Waals surface area contributed by atoms with Crippen LogP contribution in [0.4, 0.5) is 0 Å². The number of allylic oxidation sites excluding steroid dienone is 3. The predicted molar refractivity (Wildman–Crippen MR) is 59.1 cm³/mol. The van der Waals surface area contributed by atoms with Crippen molar-refractivity contribution in [2.45, 2.75) is 39.5 Å². The number of carbonyl (C=O) groups is 1. The van der Waals surface area contributed by atoms with Gasteiger partial charge in [-0.25, -0.2) is 4.79 Å². The summed E-state index contributed by atoms with van der Waals surface area (Å²) in [7, 11) is 0. The molecular weight excluding hydrogens is 176 g/mol. The molecule has 0 saturated heterocycles. The average Bonchev–Trinajstić information content (AvgIpc) is 2.17. The normalized spacial score (nSPS) is 11.3. The van der Waals surface area contributed by atoms with E-state index in [0.29, 0.717) is 6.61 Å². The zero-order chi connectivity index (χ0) is 10.6. The molecule has 0 unspecified atom stereocenters. The van der Waals surface area contributed by atoms with Crippen LogP contribution in [0.2, 0.25) is 0 Å². The number of rotatable bonds is 7. The third-order valence-corrected chi connectivity index (χ3v) is 1.74. The summed E-state index contributed by atoms with van der Waals surface area (Å²) in [4.78, 5) is 10.8. The van der Waals surface area contributed by atoms with E-state index in [1.54, 1.807) is 13.0 Å². The van der Waals surface area contributed by atoms with Gasteiger partial charge in [0.1, 0.15) is 0 Å². The van der Waals surface area contributed by atoms with Gasteiger partial charge in [0.2, 0.25) is 0 Å². The fourth-order valence-electron chi connectivity index (χ4n) is 1.01. The number of unbranched alkanes of at least 4 members (excludes halogenated alkanes) is 3. The Kier molecular flexibility index (Phi) is 9.28. The van der Waals surface area contributed by atoms with Crippen molar-refractivity contribution in [3.63, 3.8) is 0 Å². The Labute approximate surface area is 86.6 Å². The van der Waals surface area contributed by atoms with Crippen molar-refractivity contribution in [1.82, 2.24) is 0 Å². The molecule has 14 heavy (non-hydrogen) atoms. The van der Waals surface area contributed by atoms with Crippen LogP contribution in [0.15, 0.2) is 24.3 Å². The highest BCUT2D eigenvalue weighted by Gasteiger charge is 1.89. The molecular formula is C12H20O2. The largest absolute Gasteiger partial charge is 0.463 e. The average molecular weight is 196 g/mol. The van der Waals surface area contributed by atoms with Crippen molar-refractivity contribution >= 4 is 5.97 Å². The summed E-state index contributed by atoms with van der Waals surface area (Å²) >= 11 is 0. The molecule has 0 amide bonds. The van der Waals surface area contributed by atoms with Crippen LogP contribution in [-0.4, -0.2) is 12.6 Å². The van der Waals surface area contributed by atoms with E-state index in [1.807, 2.05) is 6.08 Å². The van der Waals surface area contributed by atoms with Gasteiger partial charge in [0, 0.05) is 6.08 Å². The van der Waals surface area contributed by atoms with Gasteiger partial charge >= 0.3 is 5.97 Å². The summed E-state index contributed by atoms with van der Waals surface area (Å²) in [5, 5.41) is 0. The maximum Gasteiger partial charge on any atom is 0.330 e. The molecule has 0 aromatic rings. The summed E-state index contributed by atoms with van der Waals surface area (Å²) < 4.78 is 4.73. The van der Waals surface area contributed by atoms with E-state index in [0.717, 1.165) is 6.42 Å². The Morgan fingerprint density at radius 1 is 1.21 bits per heavy atom. The van der Waals surface area contributed by atoms with Gasteiger partial charge in [-0.1, -0.05) is 38.0 Å². The molecule has 0 heterocycles. The van der Waals surface area contributed by atoms with Gasteiger partial charge in [0.15, 0.2) is 0 Å². The van der Waals surface area contributed by atoms with Gasteiger partial charge in [-0.3, -0.25) is 0 Å². The number of ether oxygens (including phenoxy) is 1. The maximum absolute atomic E-state index is 10.8. The van der Waals surface area contributed by atoms with Crippen LogP contribution in [0.25, 0.3) is 0 Å². The van der Waals surface area contributed by atoms with E-state index in [9.17, 15) is 4.79 Å². The molecule has 0 radical (unpaired) electrons. The molecule has 0 aromatic carbocycles. The van der Waals surface area contributed by atoms with Gasteiger partial charge in [-0.2, -0.15) is 0 Å². The Morgan fingerprint density at radius 3 is 2.64 bits per heavy atom. The van der Waals surface area contributed by atoms with Crippen LogP contribution in [0.5, 0.6) is 0 Å². The zero-order valence-corrected chi connectivity index (χ0v) is 9.16. The van der Waals surface area contributed by atoms with Gasteiger partial charge in [-0.05, 0) is 19.8 Å². The number of carbonyl (C=O) groups excluding carboxylic acids is 1. The van der Waals surface area contributed by atoms with Gasteiger partial charge in [0.25, 0.3) is 0 Å². The van der Waals surface area contributed by atoms with Crippen molar-refractivity contribution in [2.75, 3.05) is 6.61 Å². The quantitative estimate of drug-likeness (QED) is 0.270. The lowest BCUT2D eigenvalue weighted by Crippen LogP contribution is -1.98. The second kappa shape index (κ2) is 10.0. The monoisotopic (exact) mass is 196 g/mol. The molecule has 0 aromatic heterocycles. The highest BCUT2D eigenvalue weighted by Crippen LogP contribution is 1.99. The molecule has 0 bridgehead atoms. The molecule has 0 atom stereocenters. The maximum atomic E-state index is 10.8. The van der Waals surface area contributed by atoms with E-state index in [4.69, 9.17) is 4.74 Å². The Bertz CT molecular complexity index is 192. The first-order valence-electron chi connectivity index (χ1n) is 5.31. The lowest BCUT2D eigenvalue weighted by molar-refractivity contribution is -0.137. The molecule has 2 heteroatoms. The predicted octanol–water partition coefficient (Wildman–Crippen LogP) is 3.24. The lowest BCUT2D eigenvalue weighted by Gasteiger charge is -1.92. The minimum atomic E-state index is -0.272. The summed E-state index contributed by atoms with van der Waals surface area (Å²) in [6, 6.07) is 0. The van der Waals surface area contributed by atoms with E-state index in [2.05, 4.69) is 13.0 Å². The van der Waals surface area contributed by atoms with Crippen LogP contribution in [0, 0.1) is 0 Å². The third-order valence-electron chi connectivity index (χ3n) is 1.74. The molecule has 0 spiro atoms. The van der Waals surface area contributed by atoms with Gasteiger partial charge in [-0.15, -0.1) is 0 Å². The molecule has 0 saturated carbocycles. The van der Waals surface area contributed by atoms with Crippen LogP contribution >= 0.6 is 0 Å². The summed E-state index contributed by atoms with van der Waals surface area (Å²) in [6.07, 6.45) is 12.0. The summed E-state index contributed by atoms with van der Waals surface area (Å²) in [5.41, 5.74) is 0. The van der Waals surface area contributed by atoms with Crippen LogP contribution < -0.4 is 0 Å². The third kappa shape index (κ3) is 9.04. The minimum Gasteiger partial charge on any atom is -0.463 e. The first-order chi connectivity index (χ1) is 6.81. The van der Waals surface area contributed by atoms with Crippen LogP contribution in [0.1, 0.15) is 39.5 Å². The lowest BCUT2D eigenvalue weighted by atomic mass is 10.2. The first-order valence-corrected chi connectivity index (χ1v) is 5.31. The number of hydrogen-bond donors (Lipinski definition) is 0.